The number of hydrogen-bond acceptors (Lipinski definition) is 3. The molecule has 4 nitrogen and oxygen atoms in total. The lowest BCUT2D eigenvalue weighted by atomic mass is 9.82. The van der Waals surface area contributed by atoms with Gasteiger partial charge in [-0.15, -0.1) is 0 Å². The summed E-state index contributed by atoms with van der Waals surface area (Å²) in [4.78, 5) is 14.4. The van der Waals surface area contributed by atoms with Crippen LogP contribution in [0, 0.1) is 11.7 Å². The van der Waals surface area contributed by atoms with Crippen LogP contribution in [0.4, 0.5) is 10.1 Å². The summed E-state index contributed by atoms with van der Waals surface area (Å²) in [5.41, 5.74) is 2.77. The number of ether oxygens (including phenoxy) is 2. The third-order valence-electron chi connectivity index (χ3n) is 5.13. The molecular formula is C24H22FNO3. The fourth-order valence-corrected chi connectivity index (χ4v) is 3.66. The molecule has 1 amide bonds. The molecule has 3 aromatic carbocycles. The first kappa shape index (κ1) is 19.2. The van der Waals surface area contributed by atoms with Gasteiger partial charge in [-0.3, -0.25) is 4.79 Å². The van der Waals surface area contributed by atoms with Crippen LogP contribution in [-0.4, -0.2) is 19.6 Å². The van der Waals surface area contributed by atoms with E-state index in [-0.39, 0.29) is 23.7 Å². The van der Waals surface area contributed by atoms with Gasteiger partial charge in [-0.1, -0.05) is 42.5 Å². The predicted molar refractivity (Wildman–Crippen MR) is 109 cm³/mol. The fraction of sp³-hybridized carbons (Fsp3) is 0.208. The summed E-state index contributed by atoms with van der Waals surface area (Å²) in [6.45, 7) is 0.837. The Hall–Kier alpha value is -3.18. The molecule has 2 atom stereocenters. The van der Waals surface area contributed by atoms with Crippen molar-refractivity contribution >= 4 is 11.6 Å². The monoisotopic (exact) mass is 391 g/mol. The van der Waals surface area contributed by atoms with Crippen LogP contribution in [0.25, 0.3) is 0 Å². The van der Waals surface area contributed by atoms with E-state index < -0.39 is 0 Å². The van der Waals surface area contributed by atoms with Crippen molar-refractivity contribution in [2.24, 2.45) is 5.92 Å². The van der Waals surface area contributed by atoms with Crippen molar-refractivity contribution in [3.8, 4) is 5.75 Å². The van der Waals surface area contributed by atoms with Gasteiger partial charge in [0.25, 0.3) is 0 Å². The van der Waals surface area contributed by atoms with Gasteiger partial charge in [0, 0.05) is 12.8 Å². The van der Waals surface area contributed by atoms with Crippen LogP contribution in [-0.2, 0) is 16.1 Å². The quantitative estimate of drug-likeness (QED) is 0.546. The molecule has 1 saturated heterocycles. The molecule has 0 saturated carbocycles. The lowest BCUT2D eigenvalue weighted by molar-refractivity contribution is -0.132. The van der Waals surface area contributed by atoms with E-state index >= 15 is 0 Å². The van der Waals surface area contributed by atoms with E-state index in [1.54, 1.807) is 24.1 Å². The molecule has 1 heterocycles. The Bertz CT molecular complexity index is 958. The molecule has 0 spiro atoms. The van der Waals surface area contributed by atoms with E-state index in [2.05, 4.69) is 0 Å². The van der Waals surface area contributed by atoms with Crippen molar-refractivity contribution in [1.29, 1.82) is 0 Å². The normalized spacial score (nSPS) is 18.4. The molecule has 0 aromatic heterocycles. The third kappa shape index (κ3) is 4.00. The van der Waals surface area contributed by atoms with Crippen LogP contribution in [0.15, 0.2) is 78.9 Å². The predicted octanol–water partition coefficient (Wildman–Crippen LogP) is 4.76. The van der Waals surface area contributed by atoms with Crippen molar-refractivity contribution < 1.29 is 18.7 Å². The Morgan fingerprint density at radius 3 is 2.28 bits per heavy atom. The van der Waals surface area contributed by atoms with Gasteiger partial charge >= 0.3 is 0 Å². The van der Waals surface area contributed by atoms with E-state index in [1.165, 1.54) is 12.1 Å². The van der Waals surface area contributed by atoms with E-state index in [9.17, 15) is 9.18 Å². The number of β-lactam (4-membered cyclic amide) rings is 1. The standard InChI is InChI=1S/C24H22FNO3/c1-28-16-22-23(26(24(22)27)20-11-9-19(25)10-12-20)18-7-13-21(14-8-18)29-15-17-5-3-2-4-6-17/h2-14,22-23H,15-16H2,1H3/t22-,23?/m1/s1. The topological polar surface area (TPSA) is 38.8 Å². The number of halogens is 1. The van der Waals surface area contributed by atoms with Gasteiger partial charge < -0.3 is 14.4 Å². The summed E-state index contributed by atoms with van der Waals surface area (Å²) in [5, 5.41) is 0. The molecule has 0 bridgehead atoms. The Labute approximate surface area is 169 Å². The maximum Gasteiger partial charge on any atom is 0.235 e. The van der Waals surface area contributed by atoms with Crippen LogP contribution in [0.2, 0.25) is 0 Å². The largest absolute Gasteiger partial charge is 0.489 e. The summed E-state index contributed by atoms with van der Waals surface area (Å²) in [7, 11) is 1.59. The van der Waals surface area contributed by atoms with Gasteiger partial charge in [-0.2, -0.15) is 0 Å². The molecule has 5 heteroatoms. The number of benzene rings is 3. The lowest BCUT2D eigenvalue weighted by Gasteiger charge is -2.47. The van der Waals surface area contributed by atoms with E-state index in [1.807, 2.05) is 54.6 Å². The number of anilines is 1. The van der Waals surface area contributed by atoms with Crippen molar-refractivity contribution in [2.45, 2.75) is 12.6 Å². The number of amides is 1. The van der Waals surface area contributed by atoms with Crippen LogP contribution in [0.1, 0.15) is 17.2 Å². The highest BCUT2D eigenvalue weighted by Gasteiger charge is 2.48. The molecule has 1 aliphatic heterocycles. The number of carbonyl (C=O) groups is 1. The zero-order valence-electron chi connectivity index (χ0n) is 16.1. The second kappa shape index (κ2) is 8.45. The van der Waals surface area contributed by atoms with Crippen molar-refractivity contribution in [2.75, 3.05) is 18.6 Å². The zero-order chi connectivity index (χ0) is 20.2. The molecule has 3 aromatic rings. The molecule has 148 valence electrons. The van der Waals surface area contributed by atoms with E-state index in [0.717, 1.165) is 16.9 Å². The average Bonchev–Trinajstić information content (AvgIpc) is 2.76. The van der Waals surface area contributed by atoms with Crippen molar-refractivity contribution in [1.82, 2.24) is 0 Å². The number of nitrogens with zero attached hydrogens (tertiary/aromatic N) is 1. The van der Waals surface area contributed by atoms with Gasteiger partial charge in [0.2, 0.25) is 5.91 Å². The minimum Gasteiger partial charge on any atom is -0.489 e. The molecule has 4 rings (SSSR count). The summed E-state index contributed by atoms with van der Waals surface area (Å²) in [5.74, 6) is 0.153. The summed E-state index contributed by atoms with van der Waals surface area (Å²) in [6, 6.07) is 23.6. The number of methoxy groups -OCH3 is 1. The number of carbonyl (C=O) groups excluding carboxylic acids is 1. The Balaban J connectivity index is 1.52. The molecule has 1 aliphatic rings. The van der Waals surface area contributed by atoms with Gasteiger partial charge in [-0.25, -0.2) is 4.39 Å². The SMILES string of the molecule is COC[C@H]1C(=O)N(c2ccc(F)cc2)C1c1ccc(OCc2ccccc2)cc1. The first-order valence-corrected chi connectivity index (χ1v) is 9.51. The van der Waals surface area contributed by atoms with Gasteiger partial charge in [-0.05, 0) is 47.5 Å². The van der Waals surface area contributed by atoms with Crippen LogP contribution >= 0.6 is 0 Å². The van der Waals surface area contributed by atoms with E-state index in [4.69, 9.17) is 9.47 Å². The van der Waals surface area contributed by atoms with Crippen LogP contribution in [0.5, 0.6) is 5.75 Å². The van der Waals surface area contributed by atoms with Crippen LogP contribution in [0.3, 0.4) is 0 Å². The number of rotatable bonds is 7. The summed E-state index contributed by atoms with van der Waals surface area (Å²) >= 11 is 0. The average molecular weight is 391 g/mol. The summed E-state index contributed by atoms with van der Waals surface area (Å²) < 4.78 is 24.4. The maximum atomic E-state index is 13.3. The zero-order valence-corrected chi connectivity index (χ0v) is 16.1. The highest BCUT2D eigenvalue weighted by molar-refractivity contribution is 6.03. The second-order valence-electron chi connectivity index (χ2n) is 7.03. The minimum atomic E-state index is -0.327. The van der Waals surface area contributed by atoms with Gasteiger partial charge in [0.15, 0.2) is 0 Å². The lowest BCUT2D eigenvalue weighted by Crippen LogP contribution is -2.56. The minimum absolute atomic E-state index is 0.0205. The molecule has 29 heavy (non-hydrogen) atoms. The fourth-order valence-electron chi connectivity index (χ4n) is 3.66. The molecular weight excluding hydrogens is 369 g/mol. The Kier molecular flexibility index (Phi) is 5.58. The highest BCUT2D eigenvalue weighted by atomic mass is 19.1. The molecule has 0 radical (unpaired) electrons. The third-order valence-corrected chi connectivity index (χ3v) is 5.13. The molecule has 1 fully saturated rings. The molecule has 0 aliphatic carbocycles. The van der Waals surface area contributed by atoms with Gasteiger partial charge in [0.1, 0.15) is 18.2 Å². The summed E-state index contributed by atoms with van der Waals surface area (Å²) in [6.07, 6.45) is 0. The number of hydrogen-bond donors (Lipinski definition) is 0. The Morgan fingerprint density at radius 1 is 0.931 bits per heavy atom. The smallest absolute Gasteiger partial charge is 0.235 e. The first-order chi connectivity index (χ1) is 14.2. The highest BCUT2D eigenvalue weighted by Crippen LogP contribution is 2.43. The van der Waals surface area contributed by atoms with Crippen LogP contribution < -0.4 is 9.64 Å². The first-order valence-electron chi connectivity index (χ1n) is 9.51. The van der Waals surface area contributed by atoms with Crippen molar-refractivity contribution in [3.63, 3.8) is 0 Å². The van der Waals surface area contributed by atoms with Gasteiger partial charge in [0.05, 0.1) is 18.6 Å². The molecule has 0 N–H and O–H groups in total. The van der Waals surface area contributed by atoms with E-state index in [0.29, 0.717) is 18.9 Å². The Morgan fingerprint density at radius 2 is 1.62 bits per heavy atom. The molecule has 1 unspecified atom stereocenters. The maximum absolute atomic E-state index is 13.3. The van der Waals surface area contributed by atoms with Crippen molar-refractivity contribution in [3.05, 3.63) is 95.8 Å². The second-order valence-corrected chi connectivity index (χ2v) is 7.03.